The van der Waals surface area contributed by atoms with Crippen molar-refractivity contribution in [2.24, 2.45) is 11.7 Å². The second-order valence-electron chi connectivity index (χ2n) is 9.90. The molecule has 42 heavy (non-hydrogen) atoms. The van der Waals surface area contributed by atoms with Gasteiger partial charge in [-0.15, -0.1) is 12.6 Å². The Hall–Kier alpha value is -3.29. The largest absolute Gasteiger partial charge is 0.432 e. The number of ether oxygens (including phenoxy) is 3. The van der Waals surface area contributed by atoms with Gasteiger partial charge in [0.15, 0.2) is 5.65 Å². The SMILES string of the molecule is Nc1cccn2c(S)c(C#CC(N)OC(=O)c3cnn(CCOCCOCC[C@@H]4CCCN(CC(F)(F)F)C4)c3)nc12. The molecule has 1 fully saturated rings. The van der Waals surface area contributed by atoms with Crippen molar-refractivity contribution in [2.75, 3.05) is 51.8 Å². The van der Waals surface area contributed by atoms with Crippen LogP contribution >= 0.6 is 12.6 Å². The maximum absolute atomic E-state index is 12.6. The minimum Gasteiger partial charge on any atom is -0.432 e. The highest BCUT2D eigenvalue weighted by atomic mass is 32.1. The molecule has 0 radical (unpaired) electrons. The van der Waals surface area contributed by atoms with Gasteiger partial charge in [0.1, 0.15) is 10.7 Å². The van der Waals surface area contributed by atoms with Gasteiger partial charge >= 0.3 is 12.1 Å². The van der Waals surface area contributed by atoms with Crippen LogP contribution in [-0.4, -0.2) is 88.5 Å². The second-order valence-corrected chi connectivity index (χ2v) is 10.3. The first-order valence-corrected chi connectivity index (χ1v) is 13.9. The van der Waals surface area contributed by atoms with E-state index in [1.807, 2.05) is 0 Å². The van der Waals surface area contributed by atoms with Gasteiger partial charge in [0, 0.05) is 25.5 Å². The number of fused-ring (bicyclic) bond motifs is 1. The quantitative estimate of drug-likeness (QED) is 0.0931. The lowest BCUT2D eigenvalue weighted by atomic mass is 9.95. The highest BCUT2D eigenvalue weighted by Gasteiger charge is 2.32. The average Bonchev–Trinajstić information content (AvgIpc) is 3.54. The molecule has 4 rings (SSSR count). The highest BCUT2D eigenvalue weighted by molar-refractivity contribution is 7.80. The van der Waals surface area contributed by atoms with Gasteiger partial charge in [-0.25, -0.2) is 9.78 Å². The molecule has 0 saturated carbocycles. The molecule has 0 aliphatic carbocycles. The number of nitrogen functional groups attached to an aromatic ring is 1. The van der Waals surface area contributed by atoms with E-state index in [9.17, 15) is 18.0 Å². The molecule has 2 atom stereocenters. The van der Waals surface area contributed by atoms with E-state index in [1.54, 1.807) is 27.4 Å². The third-order valence-electron chi connectivity index (χ3n) is 6.60. The number of nitrogens with two attached hydrogens (primary N) is 2. The molecule has 0 amide bonds. The number of piperidine rings is 1. The highest BCUT2D eigenvalue weighted by Crippen LogP contribution is 2.24. The normalized spacial score (nSPS) is 16.7. The summed E-state index contributed by atoms with van der Waals surface area (Å²) in [5, 5.41) is 4.61. The van der Waals surface area contributed by atoms with E-state index < -0.39 is 24.9 Å². The molecule has 1 aliphatic rings. The molecule has 0 bridgehead atoms. The summed E-state index contributed by atoms with van der Waals surface area (Å²) in [5.41, 5.74) is 13.3. The third-order valence-corrected chi connectivity index (χ3v) is 7.03. The first-order valence-electron chi connectivity index (χ1n) is 13.5. The summed E-state index contributed by atoms with van der Waals surface area (Å²) in [6.45, 7) is 2.06. The summed E-state index contributed by atoms with van der Waals surface area (Å²) in [5.74, 6) is 4.93. The van der Waals surface area contributed by atoms with Gasteiger partial charge in [0.05, 0.1) is 50.4 Å². The third kappa shape index (κ3) is 9.36. The molecular weight excluding hydrogens is 575 g/mol. The van der Waals surface area contributed by atoms with Crippen molar-refractivity contribution in [2.45, 2.75) is 43.2 Å². The van der Waals surface area contributed by atoms with Crippen molar-refractivity contribution in [1.29, 1.82) is 0 Å². The maximum atomic E-state index is 12.6. The van der Waals surface area contributed by atoms with Crippen LogP contribution in [0.25, 0.3) is 5.65 Å². The zero-order valence-electron chi connectivity index (χ0n) is 22.9. The average molecular weight is 610 g/mol. The number of hydrogen-bond acceptors (Lipinski definition) is 10. The maximum Gasteiger partial charge on any atom is 0.401 e. The number of alkyl halides is 3. The molecule has 15 heteroatoms. The molecule has 1 aliphatic heterocycles. The first kappa shape index (κ1) is 31.6. The number of anilines is 1. The lowest BCUT2D eigenvalue weighted by Gasteiger charge is -2.33. The lowest BCUT2D eigenvalue weighted by Crippen LogP contribution is -2.41. The Morgan fingerprint density at radius 2 is 2.02 bits per heavy atom. The first-order chi connectivity index (χ1) is 20.1. The van der Waals surface area contributed by atoms with Gasteiger partial charge in [0.2, 0.25) is 6.23 Å². The van der Waals surface area contributed by atoms with E-state index in [0.717, 1.165) is 19.3 Å². The molecule has 1 saturated heterocycles. The standard InChI is InChI=1S/C27H34F3N7O4S/c28-27(29,30)18-35-8-1-3-19(16-35)7-11-39-13-14-40-12-10-36-17-20(15-33-36)26(38)41-23(32)6-5-22-25(42)37-9-2-4-21(31)24(37)34-22/h2,4,9,15,17,19,23,42H,1,3,7-8,10-14,16,18,31-32H2/t19-,23?/m0/s1. The van der Waals surface area contributed by atoms with Gasteiger partial charge in [-0.2, -0.15) is 18.3 Å². The van der Waals surface area contributed by atoms with Gasteiger partial charge < -0.3 is 19.9 Å². The predicted molar refractivity (Wildman–Crippen MR) is 151 cm³/mol. The van der Waals surface area contributed by atoms with Crippen molar-refractivity contribution < 1.29 is 32.2 Å². The number of hydrogen-bond donors (Lipinski definition) is 3. The monoisotopic (exact) mass is 609 g/mol. The summed E-state index contributed by atoms with van der Waals surface area (Å²) in [6.07, 6.45) is 1.69. The Morgan fingerprint density at radius 1 is 1.24 bits per heavy atom. The van der Waals surface area contributed by atoms with Crippen LogP contribution in [0, 0.1) is 17.8 Å². The molecule has 3 aromatic rings. The van der Waals surface area contributed by atoms with Crippen LogP contribution < -0.4 is 11.5 Å². The van der Waals surface area contributed by atoms with E-state index in [4.69, 9.17) is 25.7 Å². The second kappa shape index (κ2) is 14.7. The fourth-order valence-electron chi connectivity index (χ4n) is 4.62. The Labute approximate surface area is 246 Å². The molecular formula is C27H34F3N7O4S. The topological polar surface area (TPSA) is 135 Å². The molecule has 228 valence electrons. The van der Waals surface area contributed by atoms with Gasteiger partial charge in [0.25, 0.3) is 0 Å². The number of pyridine rings is 1. The minimum absolute atomic E-state index is 0.210. The van der Waals surface area contributed by atoms with Crippen molar-refractivity contribution >= 4 is 29.9 Å². The fraction of sp³-hybridized carbons (Fsp3) is 0.519. The number of carbonyl (C=O) groups is 1. The molecule has 4 N–H and O–H groups in total. The van der Waals surface area contributed by atoms with E-state index in [2.05, 4.69) is 34.6 Å². The Kier molecular flexibility index (Phi) is 11.1. The number of carbonyl (C=O) groups excluding carboxylic acids is 1. The zero-order valence-corrected chi connectivity index (χ0v) is 23.8. The number of thiol groups is 1. The Bertz CT molecular complexity index is 1400. The van der Waals surface area contributed by atoms with Gasteiger partial charge in [-0.05, 0) is 55.7 Å². The Morgan fingerprint density at radius 3 is 2.79 bits per heavy atom. The van der Waals surface area contributed by atoms with Crippen LogP contribution in [0.3, 0.4) is 0 Å². The summed E-state index contributed by atoms with van der Waals surface area (Å²) < 4.78 is 57.4. The smallest absolute Gasteiger partial charge is 0.401 e. The number of likely N-dealkylation sites (tertiary alicyclic amines) is 1. The molecule has 0 aromatic carbocycles. The summed E-state index contributed by atoms with van der Waals surface area (Å²) >= 11 is 4.42. The van der Waals surface area contributed by atoms with E-state index >= 15 is 0 Å². The molecule has 3 aromatic heterocycles. The van der Waals surface area contributed by atoms with Crippen LogP contribution in [0.4, 0.5) is 18.9 Å². The van der Waals surface area contributed by atoms with Crippen LogP contribution in [0.5, 0.6) is 0 Å². The van der Waals surface area contributed by atoms with Crippen molar-refractivity contribution in [3.05, 3.63) is 42.0 Å². The summed E-state index contributed by atoms with van der Waals surface area (Å²) in [6, 6.07) is 3.48. The number of aromatic nitrogens is 4. The lowest BCUT2D eigenvalue weighted by molar-refractivity contribution is -0.149. The predicted octanol–water partition coefficient (Wildman–Crippen LogP) is 2.59. The molecule has 4 heterocycles. The number of nitrogens with zero attached hydrogens (tertiary/aromatic N) is 5. The van der Waals surface area contributed by atoms with Crippen LogP contribution in [-0.2, 0) is 20.8 Å². The summed E-state index contributed by atoms with van der Waals surface area (Å²) in [4.78, 5) is 18.2. The summed E-state index contributed by atoms with van der Waals surface area (Å²) in [7, 11) is 0. The van der Waals surface area contributed by atoms with Crippen LogP contribution in [0.2, 0.25) is 0 Å². The van der Waals surface area contributed by atoms with Crippen molar-refractivity contribution in [1.82, 2.24) is 24.1 Å². The number of imidazole rings is 1. The molecule has 0 spiro atoms. The number of rotatable bonds is 12. The Balaban J connectivity index is 1.10. The number of esters is 1. The van der Waals surface area contributed by atoms with Crippen LogP contribution in [0.15, 0.2) is 35.7 Å². The van der Waals surface area contributed by atoms with Gasteiger partial charge in [-0.3, -0.25) is 19.7 Å². The minimum atomic E-state index is -4.16. The van der Waals surface area contributed by atoms with Crippen molar-refractivity contribution in [3.63, 3.8) is 0 Å². The van der Waals surface area contributed by atoms with Crippen molar-refractivity contribution in [3.8, 4) is 11.8 Å². The molecule has 11 nitrogen and oxygen atoms in total. The molecule has 1 unspecified atom stereocenters. The zero-order chi connectivity index (χ0) is 30.1. The van der Waals surface area contributed by atoms with Gasteiger partial charge in [-0.1, -0.05) is 0 Å². The van der Waals surface area contributed by atoms with Crippen LogP contribution in [0.1, 0.15) is 35.3 Å². The fourth-order valence-corrected chi connectivity index (χ4v) is 4.89. The van der Waals surface area contributed by atoms with E-state index in [-0.39, 0.29) is 11.5 Å². The van der Waals surface area contributed by atoms with E-state index in [0.29, 0.717) is 68.1 Å². The number of halogens is 3. The van der Waals surface area contributed by atoms with E-state index in [1.165, 1.54) is 17.3 Å².